The van der Waals surface area contributed by atoms with E-state index in [1.54, 1.807) is 13.8 Å². The average molecular weight is 185 g/mol. The van der Waals surface area contributed by atoms with E-state index in [0.717, 1.165) is 6.42 Å². The molecule has 0 aliphatic rings. The predicted molar refractivity (Wildman–Crippen MR) is 53.3 cm³/mol. The lowest BCUT2D eigenvalue weighted by Gasteiger charge is -2.20. The average Bonchev–Trinajstić information content (AvgIpc) is 2.05. The van der Waals surface area contributed by atoms with Gasteiger partial charge in [0.2, 0.25) is 0 Å². The van der Waals surface area contributed by atoms with Gasteiger partial charge in [-0.1, -0.05) is 19.1 Å². The number of esters is 1. The molecule has 0 spiro atoms. The monoisotopic (exact) mass is 185 g/mol. The third-order valence-corrected chi connectivity index (χ3v) is 1.69. The Morgan fingerprint density at radius 2 is 2.08 bits per heavy atom. The molecule has 0 aromatic carbocycles. The molecule has 76 valence electrons. The quantitative estimate of drug-likeness (QED) is 0.523. The summed E-state index contributed by atoms with van der Waals surface area (Å²) in [4.78, 5) is 11.3. The first-order valence-corrected chi connectivity index (χ1v) is 4.65. The molecule has 0 rings (SSSR count). The zero-order valence-corrected chi connectivity index (χ0v) is 8.67. The van der Waals surface area contributed by atoms with Gasteiger partial charge in [-0.25, -0.2) is 0 Å². The Bertz CT molecular complexity index is 185. The van der Waals surface area contributed by atoms with Crippen LogP contribution in [0.2, 0.25) is 0 Å². The van der Waals surface area contributed by atoms with Gasteiger partial charge in [0, 0.05) is 0 Å². The first kappa shape index (κ1) is 12.2. The molecular weight excluding hydrogens is 166 g/mol. The lowest BCUT2D eigenvalue weighted by Crippen LogP contribution is -2.45. The van der Waals surface area contributed by atoms with Crippen LogP contribution in [0.5, 0.6) is 0 Å². The van der Waals surface area contributed by atoms with Crippen molar-refractivity contribution in [1.82, 2.24) is 0 Å². The molecule has 0 aromatic rings. The number of carbonyl (C=O) groups excluding carboxylic acids is 1. The molecule has 0 bridgehead atoms. The van der Waals surface area contributed by atoms with Crippen LogP contribution in [0.15, 0.2) is 12.2 Å². The Balaban J connectivity index is 4.05. The van der Waals surface area contributed by atoms with Gasteiger partial charge in [0.1, 0.15) is 5.54 Å². The molecule has 1 atom stereocenters. The topological polar surface area (TPSA) is 52.3 Å². The van der Waals surface area contributed by atoms with Crippen LogP contribution in [0.4, 0.5) is 0 Å². The Morgan fingerprint density at radius 3 is 2.54 bits per heavy atom. The van der Waals surface area contributed by atoms with Crippen LogP contribution in [0.25, 0.3) is 0 Å². The minimum Gasteiger partial charge on any atom is -0.465 e. The van der Waals surface area contributed by atoms with Crippen molar-refractivity contribution in [3.05, 3.63) is 12.2 Å². The molecule has 0 radical (unpaired) electrons. The molecule has 3 nitrogen and oxygen atoms in total. The molecular formula is C10H19NO2. The summed E-state index contributed by atoms with van der Waals surface area (Å²) in [5, 5.41) is 0. The summed E-state index contributed by atoms with van der Waals surface area (Å²) < 4.78 is 4.84. The van der Waals surface area contributed by atoms with Gasteiger partial charge in [-0.2, -0.15) is 0 Å². The summed E-state index contributed by atoms with van der Waals surface area (Å²) in [7, 11) is 0. The second-order valence-electron chi connectivity index (χ2n) is 3.22. The number of hydrogen-bond donors (Lipinski definition) is 1. The summed E-state index contributed by atoms with van der Waals surface area (Å²) in [6.07, 6.45) is 5.39. The fraction of sp³-hybridized carbons (Fsp3) is 0.700. The van der Waals surface area contributed by atoms with Crippen molar-refractivity contribution < 1.29 is 9.53 Å². The third-order valence-electron chi connectivity index (χ3n) is 1.69. The van der Waals surface area contributed by atoms with E-state index in [2.05, 4.69) is 0 Å². The minimum atomic E-state index is -0.887. The van der Waals surface area contributed by atoms with Crippen LogP contribution in [0.1, 0.15) is 33.6 Å². The van der Waals surface area contributed by atoms with Crippen molar-refractivity contribution in [3.8, 4) is 0 Å². The normalized spacial score (nSPS) is 15.7. The molecule has 3 heteroatoms. The van der Waals surface area contributed by atoms with Crippen molar-refractivity contribution in [3.63, 3.8) is 0 Å². The number of carbonyl (C=O) groups is 1. The van der Waals surface area contributed by atoms with Gasteiger partial charge in [0.05, 0.1) is 6.61 Å². The fourth-order valence-corrected chi connectivity index (χ4v) is 0.874. The zero-order chi connectivity index (χ0) is 10.3. The van der Waals surface area contributed by atoms with Crippen LogP contribution in [0.3, 0.4) is 0 Å². The molecule has 0 amide bonds. The van der Waals surface area contributed by atoms with E-state index in [1.165, 1.54) is 0 Å². The summed E-state index contributed by atoms with van der Waals surface area (Å²) in [5.41, 5.74) is 4.87. The van der Waals surface area contributed by atoms with Crippen LogP contribution < -0.4 is 5.73 Å². The molecule has 0 saturated carbocycles. The van der Waals surface area contributed by atoms with Crippen LogP contribution in [0, 0.1) is 0 Å². The maximum Gasteiger partial charge on any atom is 0.326 e. The third kappa shape index (κ3) is 4.68. The molecule has 0 saturated heterocycles. The maximum atomic E-state index is 11.3. The van der Waals surface area contributed by atoms with Crippen molar-refractivity contribution in [1.29, 1.82) is 0 Å². The number of ether oxygens (including phenoxy) is 1. The smallest absolute Gasteiger partial charge is 0.326 e. The standard InChI is InChI=1S/C10H19NO2/c1-4-6-7-8-10(3,11)9(12)13-5-2/h6-7H,4-5,8,11H2,1-3H3/b7-6+/t10-/m0/s1. The molecule has 13 heavy (non-hydrogen) atoms. The zero-order valence-electron chi connectivity index (χ0n) is 8.67. The van der Waals surface area contributed by atoms with Gasteiger partial charge >= 0.3 is 5.97 Å². The first-order valence-electron chi connectivity index (χ1n) is 4.65. The van der Waals surface area contributed by atoms with Crippen LogP contribution in [-0.2, 0) is 9.53 Å². The van der Waals surface area contributed by atoms with Crippen molar-refractivity contribution in [2.45, 2.75) is 39.2 Å². The highest BCUT2D eigenvalue weighted by atomic mass is 16.5. The fourth-order valence-electron chi connectivity index (χ4n) is 0.874. The lowest BCUT2D eigenvalue weighted by atomic mass is 9.99. The Labute approximate surface area is 79.9 Å². The SMILES string of the molecule is CC/C=C/C[C@](C)(N)C(=O)OCC. The molecule has 0 fully saturated rings. The second kappa shape index (κ2) is 5.75. The largest absolute Gasteiger partial charge is 0.465 e. The van der Waals surface area contributed by atoms with Crippen molar-refractivity contribution >= 4 is 5.97 Å². The summed E-state index contributed by atoms with van der Waals surface area (Å²) >= 11 is 0. The first-order chi connectivity index (χ1) is 6.04. The lowest BCUT2D eigenvalue weighted by molar-refractivity contribution is -0.148. The van der Waals surface area contributed by atoms with Crippen LogP contribution in [-0.4, -0.2) is 18.1 Å². The Hall–Kier alpha value is -0.830. The van der Waals surface area contributed by atoms with E-state index < -0.39 is 5.54 Å². The number of nitrogens with two attached hydrogens (primary N) is 1. The van der Waals surface area contributed by atoms with E-state index in [-0.39, 0.29) is 5.97 Å². The van der Waals surface area contributed by atoms with Crippen molar-refractivity contribution in [2.75, 3.05) is 6.61 Å². The van der Waals surface area contributed by atoms with E-state index in [0.29, 0.717) is 13.0 Å². The summed E-state index contributed by atoms with van der Waals surface area (Å²) in [5.74, 6) is -0.337. The van der Waals surface area contributed by atoms with E-state index in [1.807, 2.05) is 19.1 Å². The molecule has 0 aromatic heterocycles. The summed E-state index contributed by atoms with van der Waals surface area (Å²) in [6.45, 7) is 5.87. The van der Waals surface area contributed by atoms with E-state index >= 15 is 0 Å². The van der Waals surface area contributed by atoms with Crippen LogP contribution >= 0.6 is 0 Å². The van der Waals surface area contributed by atoms with Gasteiger partial charge in [-0.05, 0) is 26.7 Å². The molecule has 2 N–H and O–H groups in total. The Kier molecular flexibility index (Phi) is 5.39. The minimum absolute atomic E-state index is 0.337. The van der Waals surface area contributed by atoms with Gasteiger partial charge in [0.15, 0.2) is 0 Å². The molecule has 0 unspecified atom stereocenters. The Morgan fingerprint density at radius 1 is 1.46 bits per heavy atom. The highest BCUT2D eigenvalue weighted by molar-refractivity contribution is 5.80. The van der Waals surface area contributed by atoms with Gasteiger partial charge in [0.25, 0.3) is 0 Å². The molecule has 0 aliphatic heterocycles. The number of allylic oxidation sites excluding steroid dienone is 1. The van der Waals surface area contributed by atoms with E-state index in [9.17, 15) is 4.79 Å². The number of rotatable bonds is 5. The molecule has 0 aliphatic carbocycles. The summed E-state index contributed by atoms with van der Waals surface area (Å²) in [6, 6.07) is 0. The van der Waals surface area contributed by atoms with Gasteiger partial charge < -0.3 is 10.5 Å². The van der Waals surface area contributed by atoms with Crippen molar-refractivity contribution in [2.24, 2.45) is 5.73 Å². The predicted octanol–water partition coefficient (Wildman–Crippen LogP) is 1.62. The highest BCUT2D eigenvalue weighted by Crippen LogP contribution is 2.09. The second-order valence-corrected chi connectivity index (χ2v) is 3.22. The highest BCUT2D eigenvalue weighted by Gasteiger charge is 2.28. The maximum absolute atomic E-state index is 11.3. The van der Waals surface area contributed by atoms with Gasteiger partial charge in [-0.3, -0.25) is 4.79 Å². The number of hydrogen-bond acceptors (Lipinski definition) is 3. The van der Waals surface area contributed by atoms with E-state index in [4.69, 9.17) is 10.5 Å². The van der Waals surface area contributed by atoms with Gasteiger partial charge in [-0.15, -0.1) is 0 Å². The molecule has 0 heterocycles.